The second-order valence-electron chi connectivity index (χ2n) is 6.12. The molecule has 0 saturated carbocycles. The molecule has 0 aromatic heterocycles. The lowest BCUT2D eigenvalue weighted by Gasteiger charge is -2.32. The van der Waals surface area contributed by atoms with Crippen LogP contribution >= 0.6 is 0 Å². The van der Waals surface area contributed by atoms with E-state index in [1.54, 1.807) is 0 Å². The topological polar surface area (TPSA) is 30.5 Å². The van der Waals surface area contributed by atoms with Crippen LogP contribution in [0.5, 0.6) is 0 Å². The molecule has 1 atom stereocenters. The van der Waals surface area contributed by atoms with Crippen LogP contribution in [0.15, 0.2) is 12.1 Å². The molecule has 2 rings (SSSR count). The summed E-state index contributed by atoms with van der Waals surface area (Å²) in [5.41, 5.74) is -0.459. The third-order valence-electron chi connectivity index (χ3n) is 4.15. The van der Waals surface area contributed by atoms with Crippen molar-refractivity contribution in [2.45, 2.75) is 51.7 Å². The second kappa shape index (κ2) is 4.75. The molecule has 3 nitrogen and oxygen atoms in total. The van der Waals surface area contributed by atoms with E-state index in [9.17, 15) is 0 Å². The van der Waals surface area contributed by atoms with Gasteiger partial charge in [0.05, 0.1) is 11.2 Å². The fourth-order valence-corrected chi connectivity index (χ4v) is 2.26. The van der Waals surface area contributed by atoms with Gasteiger partial charge in [-0.05, 0) is 53.0 Å². The Morgan fingerprint density at radius 3 is 2.35 bits per heavy atom. The van der Waals surface area contributed by atoms with Crippen LogP contribution in [0.3, 0.4) is 0 Å². The minimum Gasteiger partial charge on any atom is -0.400 e. The zero-order valence-corrected chi connectivity index (χ0v) is 11.5. The summed E-state index contributed by atoms with van der Waals surface area (Å²) in [6.45, 7) is 10.6. The SMILES string of the molecule is CC1(C)OB(/C=C/C2CCCNC2)OC1(C)C. The Balaban J connectivity index is 1.90. The van der Waals surface area contributed by atoms with Crippen molar-refractivity contribution in [3.63, 3.8) is 0 Å². The third kappa shape index (κ3) is 2.93. The molecule has 0 spiro atoms. The van der Waals surface area contributed by atoms with Crippen molar-refractivity contribution >= 4 is 7.12 Å². The van der Waals surface area contributed by atoms with Crippen molar-refractivity contribution in [1.82, 2.24) is 5.32 Å². The lowest BCUT2D eigenvalue weighted by atomic mass is 9.86. The summed E-state index contributed by atoms with van der Waals surface area (Å²) in [6.07, 6.45) is 4.77. The van der Waals surface area contributed by atoms with E-state index in [0.29, 0.717) is 5.92 Å². The van der Waals surface area contributed by atoms with Crippen molar-refractivity contribution in [3.8, 4) is 0 Å². The zero-order valence-electron chi connectivity index (χ0n) is 11.5. The second-order valence-corrected chi connectivity index (χ2v) is 6.12. The summed E-state index contributed by atoms with van der Waals surface area (Å²) in [7, 11) is -0.193. The summed E-state index contributed by atoms with van der Waals surface area (Å²) in [4.78, 5) is 0. The van der Waals surface area contributed by atoms with E-state index in [2.05, 4.69) is 45.1 Å². The molecule has 2 aliphatic rings. The molecule has 2 heterocycles. The van der Waals surface area contributed by atoms with E-state index in [-0.39, 0.29) is 18.3 Å². The summed E-state index contributed by atoms with van der Waals surface area (Å²) < 4.78 is 11.9. The van der Waals surface area contributed by atoms with E-state index >= 15 is 0 Å². The average molecular weight is 237 g/mol. The molecule has 0 bridgehead atoms. The van der Waals surface area contributed by atoms with Crippen molar-refractivity contribution in [3.05, 3.63) is 12.1 Å². The molecule has 0 radical (unpaired) electrons. The van der Waals surface area contributed by atoms with Crippen molar-refractivity contribution in [2.75, 3.05) is 13.1 Å². The fraction of sp³-hybridized carbons (Fsp3) is 0.846. The molecular formula is C13H24BNO2. The minimum absolute atomic E-state index is 0.193. The maximum Gasteiger partial charge on any atom is 0.486 e. The highest BCUT2D eigenvalue weighted by Crippen LogP contribution is 2.37. The molecule has 4 heteroatoms. The Labute approximate surface area is 105 Å². The predicted molar refractivity (Wildman–Crippen MR) is 70.8 cm³/mol. The first-order valence-electron chi connectivity index (χ1n) is 6.65. The first-order valence-corrected chi connectivity index (χ1v) is 6.65. The van der Waals surface area contributed by atoms with Crippen LogP contribution in [0.1, 0.15) is 40.5 Å². The Kier molecular flexibility index (Phi) is 3.67. The number of piperidine rings is 1. The van der Waals surface area contributed by atoms with Gasteiger partial charge in [0.2, 0.25) is 0 Å². The van der Waals surface area contributed by atoms with Crippen LogP contribution in [0.25, 0.3) is 0 Å². The van der Waals surface area contributed by atoms with Gasteiger partial charge in [-0.15, -0.1) is 0 Å². The van der Waals surface area contributed by atoms with Gasteiger partial charge in [0.1, 0.15) is 0 Å². The van der Waals surface area contributed by atoms with Gasteiger partial charge in [-0.3, -0.25) is 0 Å². The van der Waals surface area contributed by atoms with E-state index < -0.39 is 0 Å². The Morgan fingerprint density at radius 2 is 1.82 bits per heavy atom. The molecule has 2 fully saturated rings. The van der Waals surface area contributed by atoms with Gasteiger partial charge in [0.25, 0.3) is 0 Å². The summed E-state index contributed by atoms with van der Waals surface area (Å²) in [5, 5.41) is 3.41. The van der Waals surface area contributed by atoms with Crippen molar-refractivity contribution < 1.29 is 9.31 Å². The Hall–Kier alpha value is -0.315. The molecule has 1 N–H and O–H groups in total. The normalized spacial score (nSPS) is 32.2. The maximum absolute atomic E-state index is 5.93. The Morgan fingerprint density at radius 1 is 1.18 bits per heavy atom. The molecule has 96 valence electrons. The van der Waals surface area contributed by atoms with E-state index in [1.807, 2.05) is 0 Å². The van der Waals surface area contributed by atoms with E-state index in [1.165, 1.54) is 12.8 Å². The molecule has 17 heavy (non-hydrogen) atoms. The third-order valence-corrected chi connectivity index (χ3v) is 4.15. The zero-order chi connectivity index (χ0) is 12.5. The number of hydrogen-bond donors (Lipinski definition) is 1. The smallest absolute Gasteiger partial charge is 0.400 e. The minimum atomic E-state index is -0.229. The monoisotopic (exact) mass is 237 g/mol. The lowest BCUT2D eigenvalue weighted by molar-refractivity contribution is 0.00578. The van der Waals surface area contributed by atoms with Crippen LogP contribution in [0.2, 0.25) is 0 Å². The lowest BCUT2D eigenvalue weighted by Crippen LogP contribution is -2.41. The fourth-order valence-electron chi connectivity index (χ4n) is 2.26. The summed E-state index contributed by atoms with van der Waals surface area (Å²) >= 11 is 0. The Bertz CT molecular complexity index is 280. The van der Waals surface area contributed by atoms with Crippen molar-refractivity contribution in [1.29, 1.82) is 0 Å². The quantitative estimate of drug-likeness (QED) is 0.746. The van der Waals surface area contributed by atoms with Gasteiger partial charge < -0.3 is 14.6 Å². The maximum atomic E-state index is 5.93. The average Bonchev–Trinajstić information content (AvgIpc) is 2.46. The van der Waals surface area contributed by atoms with Crippen LogP contribution in [-0.4, -0.2) is 31.4 Å². The van der Waals surface area contributed by atoms with Gasteiger partial charge in [-0.2, -0.15) is 0 Å². The highest BCUT2D eigenvalue weighted by Gasteiger charge is 2.50. The number of nitrogens with one attached hydrogen (secondary N) is 1. The molecule has 2 aliphatic heterocycles. The largest absolute Gasteiger partial charge is 0.486 e. The molecule has 0 aromatic carbocycles. The van der Waals surface area contributed by atoms with E-state index in [4.69, 9.17) is 9.31 Å². The first kappa shape index (κ1) is 13.1. The molecule has 1 unspecified atom stereocenters. The van der Waals surface area contributed by atoms with E-state index in [0.717, 1.165) is 13.1 Å². The van der Waals surface area contributed by atoms with Gasteiger partial charge in [-0.1, -0.05) is 12.1 Å². The molecule has 0 aliphatic carbocycles. The first-order chi connectivity index (χ1) is 7.91. The van der Waals surface area contributed by atoms with Crippen LogP contribution < -0.4 is 5.32 Å². The van der Waals surface area contributed by atoms with Crippen LogP contribution in [0, 0.1) is 5.92 Å². The molecule has 0 aromatic rings. The van der Waals surface area contributed by atoms with Crippen LogP contribution in [0.4, 0.5) is 0 Å². The highest BCUT2D eigenvalue weighted by molar-refractivity contribution is 6.51. The van der Waals surface area contributed by atoms with Gasteiger partial charge in [-0.25, -0.2) is 0 Å². The van der Waals surface area contributed by atoms with Crippen LogP contribution in [-0.2, 0) is 9.31 Å². The van der Waals surface area contributed by atoms with Crippen molar-refractivity contribution in [2.24, 2.45) is 5.92 Å². The number of rotatable bonds is 2. The summed E-state index contributed by atoms with van der Waals surface area (Å²) in [6, 6.07) is 0. The molecular weight excluding hydrogens is 213 g/mol. The van der Waals surface area contributed by atoms with Gasteiger partial charge in [0, 0.05) is 6.54 Å². The van der Waals surface area contributed by atoms with Gasteiger partial charge in [0.15, 0.2) is 0 Å². The number of hydrogen-bond acceptors (Lipinski definition) is 3. The van der Waals surface area contributed by atoms with Gasteiger partial charge >= 0.3 is 7.12 Å². The molecule has 0 amide bonds. The predicted octanol–water partition coefficient (Wildman–Crippen LogP) is 2.17. The highest BCUT2D eigenvalue weighted by atomic mass is 16.7. The standard InChI is InChI=1S/C13H24BNO2/c1-12(2)13(3,4)17-14(16-12)8-7-11-6-5-9-15-10-11/h7-8,11,15H,5-6,9-10H2,1-4H3/b8-7+. The molecule has 2 saturated heterocycles. The summed E-state index contributed by atoms with van der Waals surface area (Å²) in [5.74, 6) is 2.71.